The van der Waals surface area contributed by atoms with Crippen molar-refractivity contribution in [3.05, 3.63) is 34.7 Å². The lowest BCUT2D eigenvalue weighted by molar-refractivity contribution is -0.136. The first-order valence-corrected chi connectivity index (χ1v) is 9.72. The summed E-state index contributed by atoms with van der Waals surface area (Å²) in [7, 11) is 2.17. The van der Waals surface area contributed by atoms with E-state index in [0.29, 0.717) is 23.9 Å². The highest BCUT2D eigenvalue weighted by atomic mass is 16.2. The van der Waals surface area contributed by atoms with Gasteiger partial charge in [-0.25, -0.2) is 4.68 Å². The maximum absolute atomic E-state index is 12.9. The topological polar surface area (TPSA) is 87.5 Å². The number of hydrogen-bond donors (Lipinski definition) is 1. The number of carbonyl (C=O) groups excluding carboxylic acids is 2. The SMILES string of the molecule is C[B]N1CC2CC1CN2c1ccc2c(=O)n(C3CCC(=O)NC3=O)ncc2c1. The van der Waals surface area contributed by atoms with Crippen molar-refractivity contribution in [1.82, 2.24) is 19.9 Å². The van der Waals surface area contributed by atoms with E-state index in [0.717, 1.165) is 30.6 Å². The molecule has 1 N–H and O–H groups in total. The lowest BCUT2D eigenvalue weighted by atomic mass is 9.94. The van der Waals surface area contributed by atoms with Crippen LogP contribution in [-0.2, 0) is 9.59 Å². The number of piperazine rings is 1. The number of amides is 2. The van der Waals surface area contributed by atoms with E-state index in [1.807, 2.05) is 18.2 Å². The smallest absolute Gasteiger partial charge is 0.275 e. The molecule has 0 saturated carbocycles. The second kappa shape index (κ2) is 6.44. The Morgan fingerprint density at radius 1 is 1.18 bits per heavy atom. The summed E-state index contributed by atoms with van der Waals surface area (Å²) in [5, 5.41) is 7.84. The van der Waals surface area contributed by atoms with E-state index >= 15 is 0 Å². The van der Waals surface area contributed by atoms with E-state index in [1.54, 1.807) is 6.20 Å². The Kier molecular flexibility index (Phi) is 4.01. The van der Waals surface area contributed by atoms with Gasteiger partial charge < -0.3 is 9.71 Å². The summed E-state index contributed by atoms with van der Waals surface area (Å²) in [6.45, 7) is 4.11. The molecule has 2 amide bonds. The number of rotatable bonds is 3. The van der Waals surface area contributed by atoms with Gasteiger partial charge >= 0.3 is 0 Å². The summed E-state index contributed by atoms with van der Waals surface area (Å²) < 4.78 is 1.20. The Morgan fingerprint density at radius 3 is 2.75 bits per heavy atom. The van der Waals surface area contributed by atoms with Crippen LogP contribution in [0.5, 0.6) is 0 Å². The fourth-order valence-electron chi connectivity index (χ4n) is 4.80. The summed E-state index contributed by atoms with van der Waals surface area (Å²) in [6, 6.07) is 6.14. The Balaban J connectivity index is 1.46. The average Bonchev–Trinajstić information content (AvgIpc) is 3.29. The van der Waals surface area contributed by atoms with Crippen LogP contribution < -0.4 is 15.8 Å². The summed E-state index contributed by atoms with van der Waals surface area (Å²) in [5.41, 5.74) is 0.809. The normalized spacial score (nSPS) is 27.5. The molecule has 3 atom stereocenters. The highest BCUT2D eigenvalue weighted by molar-refractivity contribution is 6.30. The third-order valence-electron chi connectivity index (χ3n) is 6.25. The molecule has 2 bridgehead atoms. The second-order valence-corrected chi connectivity index (χ2v) is 7.78. The number of aromatic nitrogens is 2. The molecule has 3 unspecified atom stereocenters. The van der Waals surface area contributed by atoms with E-state index < -0.39 is 11.9 Å². The number of anilines is 1. The molecule has 3 saturated heterocycles. The first kappa shape index (κ1) is 17.4. The van der Waals surface area contributed by atoms with Gasteiger partial charge in [-0.1, -0.05) is 6.82 Å². The van der Waals surface area contributed by atoms with Crippen LogP contribution in [0.1, 0.15) is 25.3 Å². The maximum Gasteiger partial charge on any atom is 0.275 e. The van der Waals surface area contributed by atoms with Crippen molar-refractivity contribution in [3.8, 4) is 0 Å². The molecule has 1 aromatic heterocycles. The van der Waals surface area contributed by atoms with Gasteiger partial charge in [-0.05, 0) is 31.0 Å². The number of nitrogens with zero attached hydrogens (tertiary/aromatic N) is 4. The van der Waals surface area contributed by atoms with Crippen LogP contribution in [0.25, 0.3) is 10.8 Å². The molecule has 1 radical (unpaired) electrons. The summed E-state index contributed by atoms with van der Waals surface area (Å²) in [4.78, 5) is 41.2. The molecule has 8 nitrogen and oxygen atoms in total. The van der Waals surface area contributed by atoms with Gasteiger partial charge in [-0.3, -0.25) is 19.7 Å². The van der Waals surface area contributed by atoms with Gasteiger partial charge in [0.05, 0.1) is 11.6 Å². The molecule has 4 heterocycles. The molecule has 9 heteroatoms. The predicted octanol–water partition coefficient (Wildman–Crippen LogP) is 0.304. The first-order chi connectivity index (χ1) is 13.5. The van der Waals surface area contributed by atoms with Crippen molar-refractivity contribution in [2.24, 2.45) is 0 Å². The van der Waals surface area contributed by atoms with Crippen LogP contribution in [0.4, 0.5) is 5.69 Å². The van der Waals surface area contributed by atoms with Crippen LogP contribution in [0, 0.1) is 0 Å². The minimum absolute atomic E-state index is 0.214. The first-order valence-electron chi connectivity index (χ1n) is 9.72. The third-order valence-corrected chi connectivity index (χ3v) is 6.25. The van der Waals surface area contributed by atoms with E-state index in [4.69, 9.17) is 0 Å². The van der Waals surface area contributed by atoms with E-state index in [1.165, 1.54) is 4.68 Å². The van der Waals surface area contributed by atoms with Gasteiger partial charge in [0.2, 0.25) is 13.3 Å². The number of hydrogen-bond acceptors (Lipinski definition) is 6. The maximum atomic E-state index is 12.9. The quantitative estimate of drug-likeness (QED) is 0.611. The number of benzene rings is 1. The number of fused-ring (bicyclic) bond motifs is 3. The average molecular weight is 378 g/mol. The fraction of sp³-hybridized carbons (Fsp3) is 0.474. The number of imide groups is 1. The fourth-order valence-corrected chi connectivity index (χ4v) is 4.80. The molecular formula is C19H21BN5O3. The molecule has 143 valence electrons. The van der Waals surface area contributed by atoms with Gasteiger partial charge in [-0.15, -0.1) is 0 Å². The zero-order valence-electron chi connectivity index (χ0n) is 15.7. The Morgan fingerprint density at radius 2 is 2.04 bits per heavy atom. The van der Waals surface area contributed by atoms with E-state index in [2.05, 4.69) is 34.4 Å². The van der Waals surface area contributed by atoms with Crippen LogP contribution >= 0.6 is 0 Å². The minimum Gasteiger partial charge on any atom is -0.366 e. The van der Waals surface area contributed by atoms with Gasteiger partial charge in [0.1, 0.15) is 6.04 Å². The third kappa shape index (κ3) is 2.64. The van der Waals surface area contributed by atoms with Gasteiger partial charge in [-0.2, -0.15) is 5.10 Å². The second-order valence-electron chi connectivity index (χ2n) is 7.78. The molecular weight excluding hydrogens is 357 g/mol. The zero-order chi connectivity index (χ0) is 19.4. The molecule has 0 spiro atoms. The van der Waals surface area contributed by atoms with Crippen molar-refractivity contribution in [2.45, 2.75) is 44.2 Å². The zero-order valence-corrected chi connectivity index (χ0v) is 15.7. The Hall–Kier alpha value is -2.68. The Bertz CT molecular complexity index is 1040. The lowest BCUT2D eigenvalue weighted by Crippen LogP contribution is -2.47. The summed E-state index contributed by atoms with van der Waals surface area (Å²) in [6.07, 6.45) is 3.32. The molecule has 28 heavy (non-hydrogen) atoms. The van der Waals surface area contributed by atoms with Crippen molar-refractivity contribution in [2.75, 3.05) is 18.0 Å². The Labute approximate surface area is 162 Å². The van der Waals surface area contributed by atoms with Crippen LogP contribution in [0.15, 0.2) is 29.2 Å². The molecule has 1 aromatic carbocycles. The van der Waals surface area contributed by atoms with Crippen molar-refractivity contribution in [3.63, 3.8) is 0 Å². The molecule has 5 rings (SSSR count). The monoisotopic (exact) mass is 378 g/mol. The van der Waals surface area contributed by atoms with Crippen molar-refractivity contribution < 1.29 is 9.59 Å². The molecule has 3 fully saturated rings. The van der Waals surface area contributed by atoms with Crippen LogP contribution in [0.3, 0.4) is 0 Å². The lowest BCUT2D eigenvalue weighted by Gasteiger charge is -2.35. The largest absolute Gasteiger partial charge is 0.366 e. The van der Waals surface area contributed by atoms with Crippen molar-refractivity contribution >= 4 is 35.7 Å². The number of carbonyl (C=O) groups is 2. The molecule has 0 aliphatic carbocycles. The van der Waals surface area contributed by atoms with Crippen LogP contribution in [-0.4, -0.2) is 59.0 Å². The van der Waals surface area contributed by atoms with Gasteiger partial charge in [0.15, 0.2) is 0 Å². The standard InChI is InChI=1S/C19H21BN5O3/c1-20-24-10-13-7-14(24)9-23(13)12-2-3-15-11(6-12)8-21-25(19(15)28)16-4-5-17(26)22-18(16)27/h2-3,6,8,13-14,16H,4-5,7,9-10H2,1H3,(H,22,26,27). The number of piperidine rings is 1. The van der Waals surface area contributed by atoms with E-state index in [-0.39, 0.29) is 17.9 Å². The van der Waals surface area contributed by atoms with Crippen molar-refractivity contribution in [1.29, 1.82) is 0 Å². The molecule has 2 aromatic rings. The van der Waals surface area contributed by atoms with Gasteiger partial charge in [0.25, 0.3) is 11.5 Å². The van der Waals surface area contributed by atoms with Crippen LogP contribution in [0.2, 0.25) is 6.82 Å². The molecule has 3 aliphatic heterocycles. The minimum atomic E-state index is -0.736. The summed E-state index contributed by atoms with van der Waals surface area (Å²) in [5.74, 6) is -0.772. The highest BCUT2D eigenvalue weighted by Gasteiger charge is 2.42. The highest BCUT2D eigenvalue weighted by Crippen LogP contribution is 2.34. The van der Waals surface area contributed by atoms with E-state index in [9.17, 15) is 14.4 Å². The predicted molar refractivity (Wildman–Crippen MR) is 105 cm³/mol. The molecule has 3 aliphatic rings. The van der Waals surface area contributed by atoms with Gasteiger partial charge in [0, 0.05) is 42.7 Å². The number of nitrogens with one attached hydrogen (secondary N) is 1. The summed E-state index contributed by atoms with van der Waals surface area (Å²) >= 11 is 0.